The van der Waals surface area contributed by atoms with Crippen molar-refractivity contribution in [2.24, 2.45) is 0 Å². The van der Waals surface area contributed by atoms with Crippen molar-refractivity contribution < 1.29 is 38.4 Å². The maximum Gasteiger partial charge on any atom is 0.318 e. The first-order valence-corrected chi connectivity index (χ1v) is 48.5. The normalized spacial score (nSPS) is 20.4. The zero-order valence-corrected chi connectivity index (χ0v) is 80.1. The highest BCUT2D eigenvalue weighted by molar-refractivity contribution is 5.99. The summed E-state index contributed by atoms with van der Waals surface area (Å²) in [6.45, 7) is 45.0. The summed E-state index contributed by atoms with van der Waals surface area (Å²) in [4.78, 5) is 107. The van der Waals surface area contributed by atoms with Gasteiger partial charge in [-0.25, -0.2) is 19.7 Å². The smallest absolute Gasteiger partial charge is 0.318 e. The van der Waals surface area contributed by atoms with Crippen LogP contribution in [0.1, 0.15) is 89.0 Å². The summed E-state index contributed by atoms with van der Waals surface area (Å²) in [5, 5.41) is 20.9. The quantitative estimate of drug-likeness (QED) is 0.0390. The number of piperazine rings is 3. The summed E-state index contributed by atoms with van der Waals surface area (Å²) in [6, 6.07) is 42.2. The van der Waals surface area contributed by atoms with Gasteiger partial charge < -0.3 is 97.4 Å². The van der Waals surface area contributed by atoms with Crippen LogP contribution in [-0.2, 0) is 64.6 Å². The Balaban J connectivity index is 0.000000143. The van der Waals surface area contributed by atoms with Crippen molar-refractivity contribution in [1.29, 1.82) is 0 Å². The second kappa shape index (κ2) is 44.6. The third-order valence-electron chi connectivity index (χ3n) is 28.7. The van der Waals surface area contributed by atoms with Crippen LogP contribution in [0, 0.1) is 40.5 Å². The summed E-state index contributed by atoms with van der Waals surface area (Å²) < 4.78 is 25.8. The van der Waals surface area contributed by atoms with E-state index >= 15 is 0 Å². The lowest BCUT2D eigenvalue weighted by Gasteiger charge is -2.41. The van der Waals surface area contributed by atoms with Crippen LogP contribution in [0.4, 0.5) is 34.5 Å². The van der Waals surface area contributed by atoms with E-state index in [1.807, 2.05) is 28.1 Å². The number of ether oxygens (including phenoxy) is 4. The van der Waals surface area contributed by atoms with Gasteiger partial charge in [-0.3, -0.25) is 19.1 Å². The molecule has 0 saturated carbocycles. The fraction of sp³-hybridized carbons (Fsp3) is 0.462. The van der Waals surface area contributed by atoms with Gasteiger partial charge in [0.2, 0.25) is 37.4 Å². The lowest BCUT2D eigenvalue weighted by atomic mass is 9.99. The fourth-order valence-electron chi connectivity index (χ4n) is 21.3. The molecule has 6 aromatic carbocycles. The number of aryl methyl sites for hydroxylation is 3. The van der Waals surface area contributed by atoms with Crippen molar-refractivity contribution in [2.45, 2.75) is 141 Å². The predicted octanol–water partition coefficient (Wildman–Crippen LogP) is 11.9. The first kappa shape index (κ1) is 95.4. The first-order chi connectivity index (χ1) is 66.9. The van der Waals surface area contributed by atoms with Crippen LogP contribution in [0.5, 0.6) is 18.0 Å². The van der Waals surface area contributed by atoms with Gasteiger partial charge in [0.25, 0.3) is 0 Å². The van der Waals surface area contributed by atoms with Crippen LogP contribution in [0.2, 0.25) is 0 Å². The van der Waals surface area contributed by atoms with Gasteiger partial charge in [0.1, 0.15) is 55.4 Å². The number of carbonyl (C=O) groups is 3. The molecule has 0 bridgehead atoms. The Morgan fingerprint density at radius 3 is 1.07 bits per heavy atom. The van der Waals surface area contributed by atoms with Crippen LogP contribution < -0.4 is 43.6 Å². The van der Waals surface area contributed by atoms with Gasteiger partial charge in [-0.2, -0.15) is 35.0 Å². The van der Waals surface area contributed by atoms with Crippen LogP contribution in [-0.4, -0.2) is 307 Å². The van der Waals surface area contributed by atoms with Crippen molar-refractivity contribution >= 4 is 84.6 Å². The Bertz CT molecular complexity index is 6170. The largest absolute Gasteiger partial charge is 0.462 e. The number of likely N-dealkylation sites (N-methyl/N-ethyl adjacent to an activating group) is 3. The van der Waals surface area contributed by atoms with Gasteiger partial charge in [-0.1, -0.05) is 109 Å². The topological polar surface area (TPSA) is 255 Å². The third kappa shape index (κ3) is 22.0. The van der Waals surface area contributed by atoms with Gasteiger partial charge in [-0.05, 0) is 176 Å². The molecule has 13 heterocycles. The second-order valence-corrected chi connectivity index (χ2v) is 37.4. The molecule has 0 aliphatic carbocycles. The molecule has 3 amide bonds. The highest BCUT2D eigenvalue weighted by Crippen LogP contribution is 2.42. The summed E-state index contributed by atoms with van der Waals surface area (Å²) >= 11 is 0. The Morgan fingerprint density at radius 1 is 0.416 bits per heavy atom. The molecule has 6 saturated heterocycles. The summed E-state index contributed by atoms with van der Waals surface area (Å²) in [7, 11) is 8.03. The average Bonchev–Trinajstić information content (AvgIpc) is 1.07. The SMILES string of the molecule is [C-]#[N+]C[C@H]1CN(c2nc(OC[C@@H]3CCCN3C)nc3c2CCN(c2cccc4cccc(C)c24)C3)CCN1C(=O)/C=C/CO.[C-]#[N+]C[C@H]1CN(c2nc(OC[C@@H]3CCCN3C)nc3c2CCN(c2cccc4cccc(C)c24)C3)CCN1C(=O)/C=C/COC.[C-]#[N+]C[C@H]1CN(c2nc(OC[C@@H]3CCCN3C)nc3c2CCN(c2cccc4cccc(C)c24)C3)CCN1C(=O)/C=C/Cn1cccn1. The lowest BCUT2D eigenvalue weighted by Crippen LogP contribution is -2.56. The van der Waals surface area contributed by atoms with E-state index in [1.165, 1.54) is 97.5 Å². The Kier molecular flexibility index (Phi) is 31.1. The molecule has 4 aromatic heterocycles. The van der Waals surface area contributed by atoms with E-state index in [4.69, 9.17) is 73.7 Å². The molecule has 137 heavy (non-hydrogen) atoms. The minimum Gasteiger partial charge on any atom is -0.462 e. The van der Waals surface area contributed by atoms with Gasteiger partial charge in [0, 0.05) is 184 Å². The number of methoxy groups -OCH3 is 1. The number of aromatic nitrogens is 8. The number of rotatable bonds is 26. The van der Waals surface area contributed by atoms with Crippen LogP contribution in [0.25, 0.3) is 46.9 Å². The molecule has 9 aliphatic rings. The fourth-order valence-corrected chi connectivity index (χ4v) is 21.3. The molecule has 9 aliphatic heterocycles. The van der Waals surface area contributed by atoms with Crippen molar-refractivity contribution in [3.05, 3.63) is 249 Å². The number of carbonyl (C=O) groups excluding carboxylic acids is 3. The number of fused-ring (bicyclic) bond motifs is 6. The number of aliphatic hydroxyl groups is 1. The molecule has 0 radical (unpaired) electrons. The van der Waals surface area contributed by atoms with Gasteiger partial charge >= 0.3 is 18.0 Å². The lowest BCUT2D eigenvalue weighted by molar-refractivity contribution is -0.129. The monoisotopic (exact) mass is 1850 g/mol. The number of aliphatic hydroxyl groups excluding tert-OH is 1. The van der Waals surface area contributed by atoms with Crippen molar-refractivity contribution in [2.75, 3.05) is 208 Å². The number of anilines is 6. The van der Waals surface area contributed by atoms with E-state index in [0.717, 1.165) is 129 Å². The van der Waals surface area contributed by atoms with Crippen molar-refractivity contribution in [3.63, 3.8) is 0 Å². The summed E-state index contributed by atoms with van der Waals surface area (Å²) in [5.41, 5.74) is 13.7. The number of amides is 3. The average molecular weight is 1850 g/mol. The van der Waals surface area contributed by atoms with E-state index in [1.54, 1.807) is 41.1 Å². The van der Waals surface area contributed by atoms with Gasteiger partial charge in [0.05, 0.1) is 56.5 Å². The Morgan fingerprint density at radius 2 is 0.759 bits per heavy atom. The van der Waals surface area contributed by atoms with E-state index < -0.39 is 0 Å². The van der Waals surface area contributed by atoms with E-state index in [2.05, 4.69) is 215 Å². The molecule has 31 nitrogen and oxygen atoms in total. The molecule has 6 atom stereocenters. The standard InChI is InChI=1S/C37H43N9O2.C35H43N7O3.C34H41N7O3/c1-27-9-4-10-28-11-5-13-33(35(27)28)43-20-15-31-32(25-43)40-37(48-26-29-12-6-17-42(29)3)41-36(31)44-21-22-46(30(24-44)23-38-2)34(47)14-7-18-45-19-8-16-39-45;1-25-9-5-10-26-11-6-13-31(33(25)26)40-17-15-29-30(23-40)37-35(45-24-27-12-7-16-39(27)3)38-34(29)41-18-19-42(28(22-41)21-36-2)32(43)14-8-20-44-4;1-24-8-4-9-25-10-5-12-30(32(24)25)39-16-14-28-29(22-39)36-34(44-23-26-11-6-15-38(26)3)37-33(28)40-17-18-41(27(21-40)20-35-2)31(43)13-7-19-42/h4-5,7-11,13-14,16,19,29-30H,6,12,15,17-18,20-26H2,1,3H3;5-6,8-11,13-14,27-28H,7,12,15-24H2,1,3-4H3;4-5,7-10,12-13,26-27,42H,6,11,14-23H2,1,3H3/b14-7+;14-8+;13-7+/t29-,30-;27-,28-;26-,27-/m000/s1. The summed E-state index contributed by atoms with van der Waals surface area (Å²) in [6.07, 6.45) is 22.3. The molecule has 19 rings (SSSR count). The van der Waals surface area contributed by atoms with Crippen LogP contribution >= 0.6 is 0 Å². The van der Waals surface area contributed by atoms with Crippen molar-refractivity contribution in [1.82, 2.24) is 69.1 Å². The number of nitrogens with zero attached hydrogens (tertiary/aromatic N) is 23. The van der Waals surface area contributed by atoms with E-state index in [0.29, 0.717) is 148 Å². The maximum atomic E-state index is 13.3. The zero-order valence-electron chi connectivity index (χ0n) is 80.1. The minimum atomic E-state index is -0.280. The third-order valence-corrected chi connectivity index (χ3v) is 28.7. The summed E-state index contributed by atoms with van der Waals surface area (Å²) in [5.74, 6) is 2.26. The van der Waals surface area contributed by atoms with Crippen LogP contribution in [0.15, 0.2) is 164 Å². The maximum absolute atomic E-state index is 13.3. The molecule has 31 heteroatoms. The minimum absolute atomic E-state index is 0.0779. The highest BCUT2D eigenvalue weighted by Gasteiger charge is 2.41. The number of hydrogen-bond donors (Lipinski definition) is 1. The molecule has 0 unspecified atom stereocenters. The molecule has 6 fully saturated rings. The second-order valence-electron chi connectivity index (χ2n) is 37.4. The number of hydrogen-bond acceptors (Lipinski definition) is 24. The molecule has 714 valence electrons. The zero-order chi connectivity index (χ0) is 95.0. The molecular weight excluding hydrogens is 1720 g/mol. The van der Waals surface area contributed by atoms with Gasteiger partial charge in [-0.15, -0.1) is 0 Å². The number of allylic oxidation sites excluding steroid dienone is 1. The Hall–Kier alpha value is -13.4. The number of likely N-dealkylation sites (tertiary alicyclic amines) is 3. The molecular formula is C106H127N23O8. The number of benzene rings is 6. The van der Waals surface area contributed by atoms with E-state index in [9.17, 15) is 14.4 Å². The first-order valence-electron chi connectivity index (χ1n) is 48.5. The predicted molar refractivity (Wildman–Crippen MR) is 536 cm³/mol. The van der Waals surface area contributed by atoms with Crippen molar-refractivity contribution in [3.8, 4) is 18.0 Å². The molecule has 10 aromatic rings. The highest BCUT2D eigenvalue weighted by atomic mass is 16.5. The van der Waals surface area contributed by atoms with E-state index in [-0.39, 0.29) is 62.1 Å². The molecule has 1 N–H and O–H groups in total. The molecule has 0 spiro atoms. The van der Waals surface area contributed by atoms with Crippen LogP contribution in [0.3, 0.4) is 0 Å². The Labute approximate surface area is 804 Å². The van der Waals surface area contributed by atoms with Gasteiger partial charge in [0.15, 0.2) is 0 Å².